The number of halogens is 4. The number of thiazole rings is 2. The molecular formula is C16H16HgI4N2S2. The van der Waals surface area contributed by atoms with Crippen LogP contribution in [0.5, 0.6) is 0 Å². The van der Waals surface area contributed by atoms with Gasteiger partial charge in [0, 0.05) is 0 Å². The Bertz CT molecular complexity index is 729. The standard InChI is InChI=1S/2C8H7NS.Hg.4HI/c2*1-6-9-7-4-2-3-5-8(7)10-6;;;;;/h2*2-5H,1H3;;4*1H/q;;+2;;;;/p-2. The van der Waals surface area contributed by atoms with E-state index in [1.807, 2.05) is 50.2 Å². The van der Waals surface area contributed by atoms with Gasteiger partial charge in [0.05, 0.1) is 30.4 Å². The second kappa shape index (κ2) is 15.9. The van der Waals surface area contributed by atoms with Gasteiger partial charge in [0.15, 0.2) is 0 Å². The van der Waals surface area contributed by atoms with E-state index in [0.29, 0.717) is 0 Å². The number of hydrogen-bond acceptors (Lipinski definition) is 4. The van der Waals surface area contributed by atoms with Gasteiger partial charge >= 0.3 is 27.7 Å². The van der Waals surface area contributed by atoms with Crippen molar-refractivity contribution < 1.29 is 75.6 Å². The predicted octanol–water partition coefficient (Wildman–Crippen LogP) is 0.451. The number of hydrogen-bond donors (Lipinski definition) is 0. The van der Waals surface area contributed by atoms with E-state index < -0.39 is 0 Å². The Morgan fingerprint density at radius 3 is 1.28 bits per heavy atom. The molecule has 2 aromatic heterocycles. The molecule has 2 nitrogen and oxygen atoms in total. The summed E-state index contributed by atoms with van der Waals surface area (Å²) in [5.74, 6) is 0. The average molecular weight is 1010 g/mol. The first-order chi connectivity index (χ1) is 9.72. The van der Waals surface area contributed by atoms with E-state index in [9.17, 15) is 0 Å². The molecule has 132 valence electrons. The Labute approximate surface area is 245 Å². The van der Waals surface area contributed by atoms with Crippen molar-refractivity contribution in [2.24, 2.45) is 0 Å². The van der Waals surface area contributed by atoms with Crippen molar-refractivity contribution in [3.8, 4) is 0 Å². The Hall–Kier alpha value is 2.08. The molecular weight excluding hydrogens is 993 g/mol. The van der Waals surface area contributed by atoms with Gasteiger partial charge in [-0.15, -0.1) is 70.6 Å². The van der Waals surface area contributed by atoms with E-state index in [4.69, 9.17) is 0 Å². The molecule has 0 aliphatic rings. The van der Waals surface area contributed by atoms with Crippen LogP contribution in [-0.4, -0.2) is 9.97 Å². The van der Waals surface area contributed by atoms with Crippen LogP contribution in [0.25, 0.3) is 20.4 Å². The molecule has 0 amide bonds. The van der Waals surface area contributed by atoms with Gasteiger partial charge in [-0.3, -0.25) is 0 Å². The quantitative estimate of drug-likeness (QED) is 0.189. The molecule has 9 heteroatoms. The molecule has 0 radical (unpaired) electrons. The largest absolute Gasteiger partial charge is 2.00 e. The summed E-state index contributed by atoms with van der Waals surface area (Å²) in [6.07, 6.45) is 0. The SMILES string of the molecule is Cc1nc2ccccc2s1.Cc1nc2ccccc2s1.I.I.[Hg+2].[I-].[I-]. The van der Waals surface area contributed by atoms with Crippen molar-refractivity contribution in [3.05, 3.63) is 58.5 Å². The van der Waals surface area contributed by atoms with Gasteiger partial charge in [0.25, 0.3) is 0 Å². The molecule has 0 fully saturated rings. The Morgan fingerprint density at radius 2 is 0.960 bits per heavy atom. The molecule has 25 heavy (non-hydrogen) atoms. The summed E-state index contributed by atoms with van der Waals surface area (Å²) in [6.45, 7) is 4.06. The van der Waals surface area contributed by atoms with E-state index in [-0.39, 0.29) is 124 Å². The third-order valence-electron chi connectivity index (χ3n) is 2.80. The first-order valence-corrected chi connectivity index (χ1v) is 8.00. The fourth-order valence-electron chi connectivity index (χ4n) is 1.97. The van der Waals surface area contributed by atoms with Crippen LogP contribution in [0.3, 0.4) is 0 Å². The zero-order valence-electron chi connectivity index (χ0n) is 13.6. The summed E-state index contributed by atoms with van der Waals surface area (Å²) in [7, 11) is 0. The number of rotatable bonds is 0. The first-order valence-electron chi connectivity index (χ1n) is 6.37. The maximum absolute atomic E-state index is 4.33. The van der Waals surface area contributed by atoms with E-state index in [1.165, 1.54) is 9.40 Å². The molecule has 0 saturated carbocycles. The smallest absolute Gasteiger partial charge is 1.00 e. The van der Waals surface area contributed by atoms with Crippen LogP contribution in [0.2, 0.25) is 0 Å². The summed E-state index contributed by atoms with van der Waals surface area (Å²) in [6, 6.07) is 16.4. The van der Waals surface area contributed by atoms with Crippen molar-refractivity contribution in [2.45, 2.75) is 13.8 Å². The minimum Gasteiger partial charge on any atom is -1.00 e. The summed E-state index contributed by atoms with van der Waals surface area (Å²) in [5.41, 5.74) is 2.23. The maximum atomic E-state index is 4.33. The topological polar surface area (TPSA) is 25.8 Å². The predicted molar refractivity (Wildman–Crippen MR) is 120 cm³/mol. The van der Waals surface area contributed by atoms with Gasteiger partial charge in [-0.05, 0) is 38.1 Å². The van der Waals surface area contributed by atoms with Gasteiger partial charge in [0.2, 0.25) is 0 Å². The molecule has 0 bridgehead atoms. The number of nitrogens with zero attached hydrogens (tertiary/aromatic N) is 2. The molecule has 2 aromatic carbocycles. The van der Waals surface area contributed by atoms with Crippen LogP contribution in [0.1, 0.15) is 10.0 Å². The van der Waals surface area contributed by atoms with Gasteiger partial charge < -0.3 is 48.0 Å². The third-order valence-corrected chi connectivity index (χ3v) is 4.71. The molecule has 0 aliphatic carbocycles. The summed E-state index contributed by atoms with van der Waals surface area (Å²) < 4.78 is 2.56. The first kappa shape index (κ1) is 31.8. The Morgan fingerprint density at radius 1 is 0.640 bits per heavy atom. The maximum Gasteiger partial charge on any atom is 2.00 e. The number of aromatic nitrogens is 2. The molecule has 0 N–H and O–H groups in total. The summed E-state index contributed by atoms with van der Waals surface area (Å²) >= 11 is 3.48. The van der Waals surface area contributed by atoms with Crippen molar-refractivity contribution in [1.82, 2.24) is 9.97 Å². The Kier molecular flexibility index (Phi) is 20.2. The van der Waals surface area contributed by atoms with Crippen molar-refractivity contribution >= 4 is 91.1 Å². The average Bonchev–Trinajstić information content (AvgIpc) is 2.99. The molecule has 4 aromatic rings. The minimum absolute atomic E-state index is 0. The molecule has 2 heterocycles. The van der Waals surface area contributed by atoms with Gasteiger partial charge in [-0.1, -0.05) is 24.3 Å². The molecule has 4 rings (SSSR count). The third kappa shape index (κ3) is 9.41. The van der Waals surface area contributed by atoms with Crippen LogP contribution in [0, 0.1) is 13.8 Å². The molecule has 0 unspecified atom stereocenters. The molecule has 0 atom stereocenters. The molecule has 0 aliphatic heterocycles. The fraction of sp³-hybridized carbons (Fsp3) is 0.125. The number of para-hydroxylation sites is 2. The monoisotopic (exact) mass is 1010 g/mol. The van der Waals surface area contributed by atoms with E-state index in [2.05, 4.69) is 22.1 Å². The zero-order chi connectivity index (χ0) is 13.9. The van der Waals surface area contributed by atoms with Gasteiger partial charge in [-0.2, -0.15) is 0 Å². The number of benzene rings is 2. The number of fused-ring (bicyclic) bond motifs is 2. The molecule has 0 saturated heterocycles. The zero-order valence-corrected chi connectivity index (χ0v) is 29.7. The van der Waals surface area contributed by atoms with Crippen molar-refractivity contribution in [1.29, 1.82) is 0 Å². The molecule has 0 spiro atoms. The second-order valence-corrected chi connectivity index (χ2v) is 6.87. The van der Waals surface area contributed by atoms with Crippen LogP contribution in [0.4, 0.5) is 0 Å². The van der Waals surface area contributed by atoms with E-state index in [1.54, 1.807) is 22.7 Å². The van der Waals surface area contributed by atoms with Crippen LogP contribution < -0.4 is 48.0 Å². The summed E-state index contributed by atoms with van der Waals surface area (Å²) in [5, 5.41) is 2.28. The van der Waals surface area contributed by atoms with Crippen molar-refractivity contribution in [2.75, 3.05) is 0 Å². The Balaban J connectivity index is -0.000000323. The fourth-order valence-corrected chi connectivity index (χ4v) is 3.63. The second-order valence-electron chi connectivity index (χ2n) is 4.40. The van der Waals surface area contributed by atoms with Crippen LogP contribution >= 0.6 is 70.6 Å². The number of aryl methyl sites for hydroxylation is 2. The van der Waals surface area contributed by atoms with Crippen LogP contribution in [0.15, 0.2) is 48.5 Å². The van der Waals surface area contributed by atoms with Gasteiger partial charge in [-0.25, -0.2) is 9.97 Å². The minimum atomic E-state index is 0. The van der Waals surface area contributed by atoms with E-state index >= 15 is 0 Å². The van der Waals surface area contributed by atoms with Gasteiger partial charge in [0.1, 0.15) is 0 Å². The van der Waals surface area contributed by atoms with E-state index in [0.717, 1.165) is 21.0 Å². The van der Waals surface area contributed by atoms with Crippen molar-refractivity contribution in [3.63, 3.8) is 0 Å². The normalized spacial score (nSPS) is 8.40. The van der Waals surface area contributed by atoms with Crippen LogP contribution in [-0.2, 0) is 27.7 Å². The summed E-state index contributed by atoms with van der Waals surface area (Å²) in [4.78, 5) is 8.66.